The van der Waals surface area contributed by atoms with Gasteiger partial charge in [0.1, 0.15) is 12.0 Å². The fourth-order valence-corrected chi connectivity index (χ4v) is 5.31. The van der Waals surface area contributed by atoms with Gasteiger partial charge in [0.25, 0.3) is 0 Å². The van der Waals surface area contributed by atoms with Crippen molar-refractivity contribution in [3.8, 4) is 17.1 Å². The van der Waals surface area contributed by atoms with Crippen LogP contribution in [-0.4, -0.2) is 20.2 Å². The van der Waals surface area contributed by atoms with E-state index in [-0.39, 0.29) is 6.04 Å². The SMILES string of the molecule is C[C@@H]1N=C(c2ccccc2Cl)c2cc([C@]34C[C@H]3C4)ccc2-n2cnc(-c3cnco3)c21. The van der Waals surface area contributed by atoms with Gasteiger partial charge in [-0.1, -0.05) is 35.9 Å². The van der Waals surface area contributed by atoms with E-state index < -0.39 is 0 Å². The Morgan fingerprint density at radius 3 is 2.71 bits per heavy atom. The van der Waals surface area contributed by atoms with Crippen molar-refractivity contribution in [2.45, 2.75) is 31.2 Å². The van der Waals surface area contributed by atoms with Crippen molar-refractivity contribution in [1.29, 1.82) is 0 Å². The van der Waals surface area contributed by atoms with Crippen LogP contribution >= 0.6 is 11.6 Å². The van der Waals surface area contributed by atoms with Gasteiger partial charge >= 0.3 is 0 Å². The Morgan fingerprint density at radius 2 is 1.97 bits per heavy atom. The average Bonchev–Trinajstić information content (AvgIpc) is 3.48. The third-order valence-electron chi connectivity index (χ3n) is 7.09. The lowest BCUT2D eigenvalue weighted by Gasteiger charge is -2.15. The molecule has 2 aromatic carbocycles. The van der Waals surface area contributed by atoms with Crippen LogP contribution in [0.15, 0.2) is 70.8 Å². The van der Waals surface area contributed by atoms with Gasteiger partial charge in [-0.25, -0.2) is 9.97 Å². The summed E-state index contributed by atoms with van der Waals surface area (Å²) in [6.45, 7) is 2.09. The van der Waals surface area contributed by atoms with Crippen molar-refractivity contribution in [2.75, 3.05) is 0 Å². The fraction of sp³-hybridized carbons (Fsp3) is 0.240. The molecular weight excluding hydrogens is 408 g/mol. The number of benzene rings is 2. The molecule has 0 unspecified atom stereocenters. The van der Waals surface area contributed by atoms with E-state index in [1.54, 1.807) is 6.20 Å². The second-order valence-corrected chi connectivity index (χ2v) is 9.25. The first-order valence-electron chi connectivity index (χ1n) is 10.6. The summed E-state index contributed by atoms with van der Waals surface area (Å²) in [5.41, 5.74) is 7.64. The molecule has 5 nitrogen and oxygen atoms in total. The molecule has 152 valence electrons. The fourth-order valence-electron chi connectivity index (χ4n) is 5.08. The molecule has 0 saturated heterocycles. The zero-order valence-corrected chi connectivity index (χ0v) is 17.7. The molecule has 31 heavy (non-hydrogen) atoms. The molecule has 3 aliphatic rings. The molecule has 0 N–H and O–H groups in total. The van der Waals surface area contributed by atoms with Crippen molar-refractivity contribution in [3.63, 3.8) is 0 Å². The number of hydrogen-bond donors (Lipinski definition) is 0. The summed E-state index contributed by atoms with van der Waals surface area (Å²) in [4.78, 5) is 13.9. The number of halogens is 1. The highest BCUT2D eigenvalue weighted by molar-refractivity contribution is 6.35. The van der Waals surface area contributed by atoms with Gasteiger partial charge < -0.3 is 4.42 Å². The predicted molar refractivity (Wildman–Crippen MR) is 119 cm³/mol. The van der Waals surface area contributed by atoms with Gasteiger partial charge in [0.15, 0.2) is 12.2 Å². The molecule has 4 aromatic rings. The van der Waals surface area contributed by atoms with Gasteiger partial charge in [0, 0.05) is 16.1 Å². The highest BCUT2D eigenvalue weighted by Crippen LogP contribution is 2.75. The minimum absolute atomic E-state index is 0.141. The molecule has 0 spiro atoms. The van der Waals surface area contributed by atoms with Crippen LogP contribution in [0.5, 0.6) is 0 Å². The molecule has 3 heterocycles. The zero-order chi connectivity index (χ0) is 20.7. The van der Waals surface area contributed by atoms with Gasteiger partial charge in [-0.05, 0) is 54.9 Å². The summed E-state index contributed by atoms with van der Waals surface area (Å²) >= 11 is 6.65. The van der Waals surface area contributed by atoms with Gasteiger partial charge in [0.05, 0.1) is 29.3 Å². The van der Waals surface area contributed by atoms with Gasteiger partial charge in [-0.3, -0.25) is 9.56 Å². The van der Waals surface area contributed by atoms with E-state index in [9.17, 15) is 0 Å². The number of rotatable bonds is 3. The van der Waals surface area contributed by atoms with E-state index in [1.165, 1.54) is 24.8 Å². The maximum Gasteiger partial charge on any atom is 0.181 e. The molecule has 2 aromatic heterocycles. The molecule has 7 rings (SSSR count). The number of hydrogen-bond acceptors (Lipinski definition) is 4. The van der Waals surface area contributed by atoms with Crippen LogP contribution < -0.4 is 0 Å². The molecule has 2 fully saturated rings. The second kappa shape index (κ2) is 5.95. The van der Waals surface area contributed by atoms with E-state index in [1.807, 2.05) is 24.5 Å². The summed E-state index contributed by atoms with van der Waals surface area (Å²) in [6.07, 6.45) is 7.62. The zero-order valence-electron chi connectivity index (χ0n) is 16.9. The molecule has 1 atom stereocenters. The van der Waals surface area contributed by atoms with Gasteiger partial charge in [0.2, 0.25) is 0 Å². The molecule has 2 aliphatic carbocycles. The van der Waals surface area contributed by atoms with Crippen molar-refractivity contribution in [3.05, 3.63) is 88.8 Å². The Labute approximate surface area is 184 Å². The van der Waals surface area contributed by atoms with E-state index in [0.29, 0.717) is 16.2 Å². The lowest BCUT2D eigenvalue weighted by Crippen LogP contribution is -2.09. The van der Waals surface area contributed by atoms with E-state index >= 15 is 0 Å². The van der Waals surface area contributed by atoms with Gasteiger partial charge in [-0.15, -0.1) is 0 Å². The number of fused-ring (bicyclic) bond motifs is 4. The lowest BCUT2D eigenvalue weighted by molar-refractivity contribution is 0.568. The van der Waals surface area contributed by atoms with E-state index in [0.717, 1.165) is 39.8 Å². The van der Waals surface area contributed by atoms with E-state index in [2.05, 4.69) is 45.7 Å². The molecule has 0 amide bonds. The van der Waals surface area contributed by atoms with Crippen LogP contribution in [0.4, 0.5) is 0 Å². The standard InChI is InChI=1S/C25H19ClN4O/c1-14-24-23(21-11-27-13-31-21)28-12-30(24)20-7-6-15(25-9-16(25)10-25)8-18(20)22(29-14)17-4-2-3-5-19(17)26/h2-8,11-14,16H,9-10H2,1H3/t14-,16-,25+/m0/s1. The minimum Gasteiger partial charge on any atom is -0.442 e. The van der Waals surface area contributed by atoms with Crippen molar-refractivity contribution in [2.24, 2.45) is 10.9 Å². The summed E-state index contributed by atoms with van der Waals surface area (Å²) in [6, 6.07) is 14.6. The first kappa shape index (κ1) is 17.5. The smallest absolute Gasteiger partial charge is 0.181 e. The monoisotopic (exact) mass is 426 g/mol. The highest BCUT2D eigenvalue weighted by Gasteiger charge is 2.70. The molecule has 6 heteroatoms. The Hall–Kier alpha value is -3.18. The van der Waals surface area contributed by atoms with E-state index in [4.69, 9.17) is 21.0 Å². The normalized spacial score (nSPS) is 25.2. The summed E-state index contributed by atoms with van der Waals surface area (Å²) in [5.74, 6) is 1.52. The first-order chi connectivity index (χ1) is 15.2. The Bertz CT molecular complexity index is 1380. The van der Waals surface area contributed by atoms with Crippen LogP contribution in [-0.2, 0) is 5.41 Å². The summed E-state index contributed by atoms with van der Waals surface area (Å²) in [5, 5.41) is 0.707. The van der Waals surface area contributed by atoms with Crippen molar-refractivity contribution >= 4 is 17.3 Å². The van der Waals surface area contributed by atoms with Crippen LogP contribution in [0.2, 0.25) is 5.02 Å². The largest absolute Gasteiger partial charge is 0.442 e. The molecule has 0 radical (unpaired) electrons. The van der Waals surface area contributed by atoms with Crippen LogP contribution in [0.1, 0.15) is 48.2 Å². The summed E-state index contributed by atoms with van der Waals surface area (Å²) in [7, 11) is 0. The lowest BCUT2D eigenvalue weighted by atomic mass is 9.94. The number of aromatic nitrogens is 3. The molecule has 2 saturated carbocycles. The van der Waals surface area contributed by atoms with Crippen LogP contribution in [0.25, 0.3) is 17.1 Å². The van der Waals surface area contributed by atoms with Crippen LogP contribution in [0, 0.1) is 5.92 Å². The number of aliphatic imine (C=N–C) groups is 1. The number of nitrogens with zero attached hydrogens (tertiary/aromatic N) is 4. The highest BCUT2D eigenvalue weighted by atomic mass is 35.5. The first-order valence-corrected chi connectivity index (χ1v) is 11.0. The maximum atomic E-state index is 6.65. The third-order valence-corrected chi connectivity index (χ3v) is 7.42. The molecule has 1 aliphatic heterocycles. The summed E-state index contributed by atoms with van der Waals surface area (Å²) < 4.78 is 7.72. The number of imidazole rings is 1. The second-order valence-electron chi connectivity index (χ2n) is 8.84. The maximum absolute atomic E-state index is 6.65. The van der Waals surface area contributed by atoms with Crippen molar-refractivity contribution < 1.29 is 4.42 Å². The Kier molecular flexibility index (Phi) is 3.36. The Balaban J connectivity index is 1.50. The predicted octanol–water partition coefficient (Wildman–Crippen LogP) is 5.75. The number of oxazole rings is 1. The molecular formula is C25H19ClN4O. The average molecular weight is 427 g/mol. The van der Waals surface area contributed by atoms with Crippen molar-refractivity contribution in [1.82, 2.24) is 14.5 Å². The molecule has 0 bridgehead atoms. The third kappa shape index (κ3) is 2.41. The Morgan fingerprint density at radius 1 is 1.13 bits per heavy atom. The van der Waals surface area contributed by atoms with Crippen LogP contribution in [0.3, 0.4) is 0 Å². The minimum atomic E-state index is -0.141. The van der Waals surface area contributed by atoms with Gasteiger partial charge in [-0.2, -0.15) is 0 Å². The topological polar surface area (TPSA) is 56.2 Å². The quantitative estimate of drug-likeness (QED) is 0.419.